The molecule has 2 N–H and O–H groups in total. The number of hydrogen-bond acceptors (Lipinski definition) is 3. The van der Waals surface area contributed by atoms with Gasteiger partial charge in [0.15, 0.2) is 0 Å². The van der Waals surface area contributed by atoms with Gasteiger partial charge in [-0.3, -0.25) is 9.59 Å². The van der Waals surface area contributed by atoms with Gasteiger partial charge in [-0.2, -0.15) is 0 Å². The SMILES string of the molecule is Cc1csc(C(=O)NC2CCC(C(=O)O)CC2)c1Cl. The smallest absolute Gasteiger partial charge is 0.306 e. The average Bonchev–Trinajstić information content (AvgIpc) is 2.70. The molecule has 0 bridgehead atoms. The fraction of sp³-hybridized carbons (Fsp3) is 0.538. The van der Waals surface area contributed by atoms with Crippen molar-refractivity contribution in [3.63, 3.8) is 0 Å². The molecule has 6 heteroatoms. The van der Waals surface area contributed by atoms with Crippen LogP contribution in [-0.4, -0.2) is 23.0 Å². The third-order valence-corrected chi connectivity index (χ3v) is 5.21. The Bertz CT molecular complexity index is 492. The summed E-state index contributed by atoms with van der Waals surface area (Å²) in [5, 5.41) is 14.2. The van der Waals surface area contributed by atoms with Gasteiger partial charge in [0.1, 0.15) is 4.88 Å². The first-order valence-electron chi connectivity index (χ1n) is 6.26. The maximum absolute atomic E-state index is 12.1. The summed E-state index contributed by atoms with van der Waals surface area (Å²) in [5.41, 5.74) is 0.909. The molecule has 1 heterocycles. The molecule has 1 saturated carbocycles. The number of aliphatic carboxylic acids is 1. The zero-order valence-corrected chi connectivity index (χ0v) is 12.2. The molecule has 1 aromatic heterocycles. The van der Waals surface area contributed by atoms with Crippen LogP contribution < -0.4 is 5.32 Å². The number of carboxylic acids is 1. The lowest BCUT2D eigenvalue weighted by atomic mass is 9.86. The molecule has 1 aliphatic rings. The van der Waals surface area contributed by atoms with E-state index in [9.17, 15) is 9.59 Å². The molecule has 1 aromatic rings. The van der Waals surface area contributed by atoms with Gasteiger partial charge in [-0.1, -0.05) is 11.6 Å². The van der Waals surface area contributed by atoms with E-state index in [1.54, 1.807) is 0 Å². The van der Waals surface area contributed by atoms with E-state index in [4.69, 9.17) is 16.7 Å². The Labute approximate surface area is 120 Å². The molecule has 1 amide bonds. The summed E-state index contributed by atoms with van der Waals surface area (Å²) in [5.74, 6) is -1.15. The summed E-state index contributed by atoms with van der Waals surface area (Å²) in [7, 11) is 0. The number of thiophene rings is 1. The number of carbonyl (C=O) groups is 2. The third-order valence-electron chi connectivity index (χ3n) is 3.52. The van der Waals surface area contributed by atoms with Gasteiger partial charge in [-0.25, -0.2) is 0 Å². The Balaban J connectivity index is 1.91. The fourth-order valence-corrected chi connectivity index (χ4v) is 3.50. The number of hydrogen-bond donors (Lipinski definition) is 2. The minimum atomic E-state index is -0.735. The van der Waals surface area contributed by atoms with Crippen molar-refractivity contribution < 1.29 is 14.7 Å². The standard InChI is InChI=1S/C13H16ClNO3S/c1-7-6-19-11(10(7)14)12(16)15-9-4-2-8(3-5-9)13(17)18/h6,8-9H,2-5H2,1H3,(H,15,16)(H,17,18). The summed E-state index contributed by atoms with van der Waals surface area (Å²) in [6.45, 7) is 1.87. The highest BCUT2D eigenvalue weighted by atomic mass is 35.5. The van der Waals surface area contributed by atoms with Crippen LogP contribution in [0.3, 0.4) is 0 Å². The number of halogens is 1. The maximum atomic E-state index is 12.1. The first kappa shape index (κ1) is 14.3. The van der Waals surface area contributed by atoms with Crippen molar-refractivity contribution in [1.29, 1.82) is 0 Å². The van der Waals surface area contributed by atoms with E-state index in [1.807, 2.05) is 12.3 Å². The summed E-state index contributed by atoms with van der Waals surface area (Å²) in [6.07, 6.45) is 2.67. The van der Waals surface area contributed by atoms with Crippen LogP contribution in [-0.2, 0) is 4.79 Å². The van der Waals surface area contributed by atoms with Crippen LogP contribution in [0, 0.1) is 12.8 Å². The van der Waals surface area contributed by atoms with Gasteiger partial charge < -0.3 is 10.4 Å². The predicted molar refractivity (Wildman–Crippen MR) is 74.9 cm³/mol. The van der Waals surface area contributed by atoms with Crippen molar-refractivity contribution in [3.05, 3.63) is 20.8 Å². The monoisotopic (exact) mass is 301 g/mol. The quantitative estimate of drug-likeness (QED) is 0.901. The highest BCUT2D eigenvalue weighted by Gasteiger charge is 2.27. The van der Waals surface area contributed by atoms with Crippen LogP contribution in [0.5, 0.6) is 0 Å². The molecule has 0 aliphatic heterocycles. The Kier molecular flexibility index (Phi) is 4.47. The fourth-order valence-electron chi connectivity index (χ4n) is 2.32. The zero-order valence-electron chi connectivity index (χ0n) is 10.6. The first-order chi connectivity index (χ1) is 8.99. The van der Waals surface area contributed by atoms with Crippen LogP contribution >= 0.6 is 22.9 Å². The van der Waals surface area contributed by atoms with E-state index in [-0.39, 0.29) is 17.9 Å². The molecule has 0 aromatic carbocycles. The van der Waals surface area contributed by atoms with Crippen molar-refractivity contribution in [2.24, 2.45) is 5.92 Å². The van der Waals surface area contributed by atoms with Crippen LogP contribution in [0.25, 0.3) is 0 Å². The molecule has 4 nitrogen and oxygen atoms in total. The van der Waals surface area contributed by atoms with Crippen molar-refractivity contribution in [2.75, 3.05) is 0 Å². The molecule has 0 saturated heterocycles. The lowest BCUT2D eigenvalue weighted by Crippen LogP contribution is -2.38. The van der Waals surface area contributed by atoms with Crippen molar-refractivity contribution in [2.45, 2.75) is 38.6 Å². The average molecular weight is 302 g/mol. The highest BCUT2D eigenvalue weighted by molar-refractivity contribution is 7.13. The van der Waals surface area contributed by atoms with E-state index in [1.165, 1.54) is 11.3 Å². The molecular formula is C13H16ClNO3S. The molecule has 19 heavy (non-hydrogen) atoms. The molecule has 0 spiro atoms. The molecule has 1 fully saturated rings. The first-order valence-corrected chi connectivity index (χ1v) is 7.52. The molecule has 2 rings (SSSR count). The summed E-state index contributed by atoms with van der Waals surface area (Å²) < 4.78 is 0. The van der Waals surface area contributed by atoms with E-state index >= 15 is 0 Å². The van der Waals surface area contributed by atoms with Crippen LogP contribution in [0.2, 0.25) is 5.02 Å². The number of aryl methyl sites for hydroxylation is 1. The summed E-state index contributed by atoms with van der Waals surface area (Å²) >= 11 is 7.40. The van der Waals surface area contributed by atoms with E-state index < -0.39 is 5.97 Å². The lowest BCUT2D eigenvalue weighted by molar-refractivity contribution is -0.142. The number of carboxylic acid groups (broad SMARTS) is 1. The van der Waals surface area contributed by atoms with Gasteiger partial charge in [-0.15, -0.1) is 11.3 Å². The minimum absolute atomic E-state index is 0.0570. The number of amides is 1. The van der Waals surface area contributed by atoms with E-state index in [2.05, 4.69) is 5.32 Å². The largest absolute Gasteiger partial charge is 0.481 e. The lowest BCUT2D eigenvalue weighted by Gasteiger charge is -2.26. The molecule has 0 unspecified atom stereocenters. The van der Waals surface area contributed by atoms with E-state index in [0.29, 0.717) is 35.6 Å². The maximum Gasteiger partial charge on any atom is 0.306 e. The van der Waals surface area contributed by atoms with Gasteiger partial charge in [0.25, 0.3) is 5.91 Å². The molecule has 0 radical (unpaired) electrons. The number of carbonyl (C=O) groups excluding carboxylic acids is 1. The van der Waals surface area contributed by atoms with Gasteiger partial charge in [0.2, 0.25) is 0 Å². The number of nitrogens with one attached hydrogen (secondary N) is 1. The van der Waals surface area contributed by atoms with E-state index in [0.717, 1.165) is 5.56 Å². The van der Waals surface area contributed by atoms with Gasteiger partial charge in [-0.05, 0) is 43.6 Å². The molecule has 104 valence electrons. The Morgan fingerprint density at radius 2 is 2.00 bits per heavy atom. The third kappa shape index (κ3) is 3.28. The minimum Gasteiger partial charge on any atom is -0.481 e. The van der Waals surface area contributed by atoms with Crippen molar-refractivity contribution in [1.82, 2.24) is 5.32 Å². The molecular weight excluding hydrogens is 286 g/mol. The topological polar surface area (TPSA) is 66.4 Å². The molecule has 1 aliphatic carbocycles. The number of rotatable bonds is 3. The Morgan fingerprint density at radius 1 is 1.37 bits per heavy atom. The molecule has 0 atom stereocenters. The second-order valence-electron chi connectivity index (χ2n) is 4.92. The summed E-state index contributed by atoms with van der Waals surface area (Å²) in [6, 6.07) is 0.0570. The van der Waals surface area contributed by atoms with Crippen molar-refractivity contribution >= 4 is 34.8 Å². The van der Waals surface area contributed by atoms with Gasteiger partial charge in [0.05, 0.1) is 10.9 Å². The Morgan fingerprint density at radius 3 is 2.47 bits per heavy atom. The van der Waals surface area contributed by atoms with Crippen LogP contribution in [0.15, 0.2) is 5.38 Å². The summed E-state index contributed by atoms with van der Waals surface area (Å²) in [4.78, 5) is 23.5. The van der Waals surface area contributed by atoms with Gasteiger partial charge in [0, 0.05) is 6.04 Å². The Hall–Kier alpha value is -1.07. The highest BCUT2D eigenvalue weighted by Crippen LogP contribution is 2.28. The van der Waals surface area contributed by atoms with Crippen molar-refractivity contribution in [3.8, 4) is 0 Å². The van der Waals surface area contributed by atoms with Crippen LogP contribution in [0.4, 0.5) is 0 Å². The normalized spacial score (nSPS) is 23.1. The van der Waals surface area contributed by atoms with Gasteiger partial charge >= 0.3 is 5.97 Å². The predicted octanol–water partition coefficient (Wildman–Crippen LogP) is 3.08. The van der Waals surface area contributed by atoms with Crippen LogP contribution in [0.1, 0.15) is 40.9 Å². The second kappa shape index (κ2) is 5.92. The second-order valence-corrected chi connectivity index (χ2v) is 6.18. The zero-order chi connectivity index (χ0) is 14.0.